The van der Waals surface area contributed by atoms with Crippen molar-refractivity contribution in [3.8, 4) is 0 Å². The molecule has 0 aliphatic heterocycles. The molecule has 0 aromatic rings. The van der Waals surface area contributed by atoms with Crippen molar-refractivity contribution in [3.05, 3.63) is 158 Å². The number of ether oxygens (including phenoxy) is 3. The molecule has 71 heavy (non-hydrogen) atoms. The van der Waals surface area contributed by atoms with E-state index in [2.05, 4.69) is 167 Å². The summed E-state index contributed by atoms with van der Waals surface area (Å²) in [4.78, 5) is 38.1. The minimum Gasteiger partial charge on any atom is -0.462 e. The summed E-state index contributed by atoms with van der Waals surface area (Å²) in [5.74, 6) is -1.05. The lowest BCUT2D eigenvalue weighted by Crippen LogP contribution is -2.30. The first kappa shape index (κ1) is 66.0. The van der Waals surface area contributed by atoms with Gasteiger partial charge in [-0.15, -0.1) is 0 Å². The molecule has 0 N–H and O–H groups in total. The van der Waals surface area contributed by atoms with Crippen LogP contribution < -0.4 is 0 Å². The van der Waals surface area contributed by atoms with E-state index in [1.165, 1.54) is 19.3 Å². The Morgan fingerprint density at radius 2 is 0.535 bits per heavy atom. The van der Waals surface area contributed by atoms with Gasteiger partial charge in [0.15, 0.2) is 6.10 Å². The maximum absolute atomic E-state index is 12.8. The molecule has 0 rings (SSSR count). The van der Waals surface area contributed by atoms with E-state index >= 15 is 0 Å². The highest BCUT2D eigenvalue weighted by molar-refractivity contribution is 5.71. The maximum Gasteiger partial charge on any atom is 0.306 e. The van der Waals surface area contributed by atoms with Crippen LogP contribution in [0.25, 0.3) is 0 Å². The van der Waals surface area contributed by atoms with E-state index < -0.39 is 6.10 Å². The first-order valence-corrected chi connectivity index (χ1v) is 28.0. The van der Waals surface area contributed by atoms with Crippen molar-refractivity contribution in [2.24, 2.45) is 0 Å². The standard InChI is InChI=1S/C65H100O6/c1-4-7-10-13-16-19-22-25-27-29-30-31-32-33-34-36-37-40-43-46-49-52-55-58-64(67)70-61-62(60-69-63(66)57-54-51-48-45-42-39-24-21-18-15-12-9-6-3)71-65(68)59-56-53-50-47-44-41-38-35-28-26-23-20-17-14-11-8-5-2/h7-12,16-21,25-28,30-31,33-34,38-39,41-42,48,51,62H,4-6,13-15,22-24,29,32,35-37,40,43-47,49-50,52-61H2,1-3H3/b10-7-,11-8-,12-9-,19-16-,20-17-,21-18-,27-25-,28-26-,31-30-,34-33-,41-38-,42-39-,51-48-. The fourth-order valence-electron chi connectivity index (χ4n) is 6.94. The van der Waals surface area contributed by atoms with Crippen LogP contribution in [-0.4, -0.2) is 37.2 Å². The number of rotatable bonds is 48. The highest BCUT2D eigenvalue weighted by atomic mass is 16.6. The fraction of sp³-hybridized carbons (Fsp3) is 0.554. The van der Waals surface area contributed by atoms with Crippen LogP contribution in [0.3, 0.4) is 0 Å². The van der Waals surface area contributed by atoms with Gasteiger partial charge >= 0.3 is 17.9 Å². The summed E-state index contributed by atoms with van der Waals surface area (Å²) in [5, 5.41) is 0. The molecule has 0 aromatic carbocycles. The normalized spacial score (nSPS) is 13.3. The molecule has 0 aliphatic carbocycles. The number of carbonyl (C=O) groups excluding carboxylic acids is 3. The molecule has 396 valence electrons. The summed E-state index contributed by atoms with van der Waals surface area (Å²) in [7, 11) is 0. The molecule has 0 fully saturated rings. The van der Waals surface area contributed by atoms with Crippen LogP contribution in [0, 0.1) is 0 Å². The number of carbonyl (C=O) groups is 3. The van der Waals surface area contributed by atoms with Gasteiger partial charge in [-0.2, -0.15) is 0 Å². The van der Waals surface area contributed by atoms with Crippen LogP contribution in [-0.2, 0) is 28.6 Å². The molecule has 0 radical (unpaired) electrons. The predicted octanol–water partition coefficient (Wildman–Crippen LogP) is 19.0. The van der Waals surface area contributed by atoms with Gasteiger partial charge in [-0.1, -0.05) is 224 Å². The van der Waals surface area contributed by atoms with E-state index in [1.807, 2.05) is 12.2 Å². The summed E-state index contributed by atoms with van der Waals surface area (Å²) in [6.07, 6.45) is 83.9. The van der Waals surface area contributed by atoms with E-state index in [1.54, 1.807) is 0 Å². The lowest BCUT2D eigenvalue weighted by Gasteiger charge is -2.18. The van der Waals surface area contributed by atoms with Crippen molar-refractivity contribution in [2.45, 2.75) is 219 Å². The highest BCUT2D eigenvalue weighted by Crippen LogP contribution is 2.13. The molecule has 0 spiro atoms. The molecular weight excluding hydrogens is 877 g/mol. The van der Waals surface area contributed by atoms with Crippen LogP contribution in [0.15, 0.2) is 158 Å². The van der Waals surface area contributed by atoms with Crippen LogP contribution in [0.2, 0.25) is 0 Å². The second-order valence-electron chi connectivity index (χ2n) is 17.7. The van der Waals surface area contributed by atoms with Gasteiger partial charge in [-0.05, 0) is 128 Å². The highest BCUT2D eigenvalue weighted by Gasteiger charge is 2.19. The third kappa shape index (κ3) is 55.8. The van der Waals surface area contributed by atoms with E-state index in [0.29, 0.717) is 12.8 Å². The van der Waals surface area contributed by atoms with Crippen molar-refractivity contribution in [3.63, 3.8) is 0 Å². The minimum atomic E-state index is -0.833. The van der Waals surface area contributed by atoms with E-state index in [0.717, 1.165) is 148 Å². The molecule has 1 unspecified atom stereocenters. The molecule has 1 atom stereocenters. The fourth-order valence-corrected chi connectivity index (χ4v) is 6.94. The molecule has 0 saturated heterocycles. The average molecular weight is 978 g/mol. The molecule has 0 amide bonds. The summed E-state index contributed by atoms with van der Waals surface area (Å²) in [6.45, 7) is 6.18. The van der Waals surface area contributed by atoms with Gasteiger partial charge in [0, 0.05) is 19.3 Å². The third-order valence-electron chi connectivity index (χ3n) is 11.0. The third-order valence-corrected chi connectivity index (χ3v) is 11.0. The summed E-state index contributed by atoms with van der Waals surface area (Å²) in [6, 6.07) is 0. The smallest absolute Gasteiger partial charge is 0.306 e. The number of hydrogen-bond acceptors (Lipinski definition) is 6. The number of allylic oxidation sites excluding steroid dienone is 26. The Balaban J connectivity index is 4.51. The summed E-state index contributed by atoms with van der Waals surface area (Å²) < 4.78 is 16.7. The Hall–Kier alpha value is -4.97. The molecular formula is C65H100O6. The Morgan fingerprint density at radius 3 is 0.873 bits per heavy atom. The van der Waals surface area contributed by atoms with Crippen LogP contribution >= 0.6 is 0 Å². The Kier molecular flexibility index (Phi) is 53.6. The summed E-state index contributed by atoms with van der Waals surface area (Å²) in [5.41, 5.74) is 0. The topological polar surface area (TPSA) is 78.9 Å². The second kappa shape index (κ2) is 57.6. The van der Waals surface area contributed by atoms with Crippen LogP contribution in [0.5, 0.6) is 0 Å². The lowest BCUT2D eigenvalue weighted by atomic mass is 10.1. The Morgan fingerprint density at radius 1 is 0.282 bits per heavy atom. The molecule has 0 heterocycles. The number of esters is 3. The quantitative estimate of drug-likeness (QED) is 0.0262. The zero-order valence-corrected chi connectivity index (χ0v) is 45.2. The molecule has 0 aliphatic rings. The number of hydrogen-bond donors (Lipinski definition) is 0. The zero-order valence-electron chi connectivity index (χ0n) is 45.2. The molecule has 6 nitrogen and oxygen atoms in total. The van der Waals surface area contributed by atoms with Crippen LogP contribution in [0.4, 0.5) is 0 Å². The van der Waals surface area contributed by atoms with Gasteiger partial charge in [-0.3, -0.25) is 14.4 Å². The van der Waals surface area contributed by atoms with E-state index in [4.69, 9.17) is 14.2 Å². The minimum absolute atomic E-state index is 0.124. The lowest BCUT2D eigenvalue weighted by molar-refractivity contribution is -0.166. The van der Waals surface area contributed by atoms with Gasteiger partial charge in [0.1, 0.15) is 13.2 Å². The first-order valence-electron chi connectivity index (χ1n) is 28.0. The molecule has 0 aromatic heterocycles. The molecule has 0 saturated carbocycles. The summed E-state index contributed by atoms with van der Waals surface area (Å²) >= 11 is 0. The van der Waals surface area contributed by atoms with Crippen molar-refractivity contribution >= 4 is 17.9 Å². The monoisotopic (exact) mass is 977 g/mol. The van der Waals surface area contributed by atoms with E-state index in [9.17, 15) is 14.4 Å². The second-order valence-corrected chi connectivity index (χ2v) is 17.7. The maximum atomic E-state index is 12.8. The van der Waals surface area contributed by atoms with Gasteiger partial charge in [0.2, 0.25) is 0 Å². The average Bonchev–Trinajstić information content (AvgIpc) is 3.37. The van der Waals surface area contributed by atoms with Crippen molar-refractivity contribution in [1.29, 1.82) is 0 Å². The number of unbranched alkanes of at least 4 members (excludes halogenated alkanes) is 11. The largest absolute Gasteiger partial charge is 0.462 e. The Bertz CT molecular complexity index is 1640. The van der Waals surface area contributed by atoms with Crippen LogP contribution in [0.1, 0.15) is 213 Å². The molecule has 0 bridgehead atoms. The van der Waals surface area contributed by atoms with Gasteiger partial charge in [-0.25, -0.2) is 0 Å². The Labute approximate surface area is 435 Å². The van der Waals surface area contributed by atoms with Crippen molar-refractivity contribution < 1.29 is 28.6 Å². The first-order chi connectivity index (χ1) is 35.0. The van der Waals surface area contributed by atoms with Crippen molar-refractivity contribution in [2.75, 3.05) is 13.2 Å². The predicted molar refractivity (Wildman–Crippen MR) is 306 cm³/mol. The van der Waals surface area contributed by atoms with Gasteiger partial charge in [0.05, 0.1) is 0 Å². The van der Waals surface area contributed by atoms with Gasteiger partial charge in [0.25, 0.3) is 0 Å². The van der Waals surface area contributed by atoms with Crippen molar-refractivity contribution in [1.82, 2.24) is 0 Å². The van der Waals surface area contributed by atoms with Gasteiger partial charge < -0.3 is 14.2 Å². The SMILES string of the molecule is CC/C=C\C/C=C\C/C=C\C/C=C\C/C=C\CCCCCCCCCC(=O)OCC(COC(=O)CC/C=C\C/C=C\C/C=C\C/C=C\CC)OC(=O)CCCCCC/C=C\C/C=C\C/C=C\C/C=C\CC. The zero-order chi connectivity index (χ0) is 51.4. The van der Waals surface area contributed by atoms with E-state index in [-0.39, 0.29) is 44.0 Å². The molecule has 6 heteroatoms.